The van der Waals surface area contributed by atoms with Gasteiger partial charge in [0.1, 0.15) is 0 Å². The number of rotatable bonds is 1. The topological polar surface area (TPSA) is 41.6 Å². The average molecular weight is 302 g/mol. The minimum atomic E-state index is -0.411. The number of carbonyl (C=O) groups is 1. The van der Waals surface area contributed by atoms with E-state index in [1.807, 2.05) is 0 Å². The second-order valence-electron chi connectivity index (χ2n) is 7.79. The van der Waals surface area contributed by atoms with Gasteiger partial charge < -0.3 is 9.64 Å². The zero-order valence-electron chi connectivity index (χ0n) is 14.2. The van der Waals surface area contributed by atoms with Crippen LogP contribution in [0.2, 0.25) is 0 Å². The van der Waals surface area contributed by atoms with E-state index >= 15 is 0 Å². The Labute approximate surface area is 132 Å². The summed E-state index contributed by atoms with van der Waals surface area (Å²) < 4.78 is 4.75. The lowest BCUT2D eigenvalue weighted by Gasteiger charge is -2.48. The molecule has 0 bridgehead atoms. The maximum Gasteiger partial charge on any atom is 0.411 e. The van der Waals surface area contributed by atoms with Crippen molar-refractivity contribution in [2.24, 2.45) is 0 Å². The van der Waals surface area contributed by atoms with Gasteiger partial charge in [-0.3, -0.25) is 5.32 Å². The first kappa shape index (κ1) is 15.2. The lowest BCUT2D eigenvalue weighted by Crippen LogP contribution is -2.44. The molecule has 1 N–H and O–H groups in total. The minimum absolute atomic E-state index is 0.127. The number of methoxy groups -OCH3 is 1. The highest BCUT2D eigenvalue weighted by Crippen LogP contribution is 2.50. The van der Waals surface area contributed by atoms with Crippen LogP contribution >= 0.6 is 0 Å². The largest absolute Gasteiger partial charge is 0.453 e. The molecule has 0 aliphatic carbocycles. The number of anilines is 2. The van der Waals surface area contributed by atoms with Crippen molar-refractivity contribution in [3.63, 3.8) is 0 Å². The number of benzene rings is 1. The fraction of sp³-hybridized carbons (Fsp3) is 0.611. The van der Waals surface area contributed by atoms with Crippen LogP contribution in [0.15, 0.2) is 12.1 Å². The molecule has 1 amide bonds. The molecule has 4 heteroatoms. The Morgan fingerprint density at radius 2 is 1.59 bits per heavy atom. The molecule has 0 aromatic heterocycles. The summed E-state index contributed by atoms with van der Waals surface area (Å²) in [6.45, 7) is 11.4. The van der Waals surface area contributed by atoms with Crippen LogP contribution in [0, 0.1) is 0 Å². The van der Waals surface area contributed by atoms with Crippen LogP contribution in [0.3, 0.4) is 0 Å². The Kier molecular flexibility index (Phi) is 3.38. The second-order valence-corrected chi connectivity index (χ2v) is 7.79. The summed E-state index contributed by atoms with van der Waals surface area (Å²) in [6.07, 6.45) is 1.87. The van der Waals surface area contributed by atoms with E-state index in [-0.39, 0.29) is 10.8 Å². The predicted octanol–water partition coefficient (Wildman–Crippen LogP) is 4.03. The first-order valence-electron chi connectivity index (χ1n) is 8.03. The number of nitrogens with zero attached hydrogens (tertiary/aromatic N) is 1. The van der Waals surface area contributed by atoms with E-state index in [9.17, 15) is 4.79 Å². The highest BCUT2D eigenvalue weighted by Gasteiger charge is 2.40. The molecule has 4 nitrogen and oxygen atoms in total. The van der Waals surface area contributed by atoms with Gasteiger partial charge in [-0.1, -0.05) is 27.7 Å². The van der Waals surface area contributed by atoms with Crippen LogP contribution in [-0.4, -0.2) is 26.3 Å². The fourth-order valence-electron chi connectivity index (χ4n) is 3.68. The van der Waals surface area contributed by atoms with Crippen LogP contribution in [0.5, 0.6) is 0 Å². The summed E-state index contributed by atoms with van der Waals surface area (Å²) in [5, 5.41) is 2.85. The fourth-order valence-corrected chi connectivity index (χ4v) is 3.68. The van der Waals surface area contributed by atoms with Crippen molar-refractivity contribution in [1.29, 1.82) is 0 Å². The quantitative estimate of drug-likeness (QED) is 0.851. The molecule has 0 saturated heterocycles. The summed E-state index contributed by atoms with van der Waals surface area (Å²) in [6, 6.07) is 4.26. The number of hydrogen-bond acceptors (Lipinski definition) is 3. The van der Waals surface area contributed by atoms with Crippen LogP contribution < -0.4 is 10.2 Å². The first-order chi connectivity index (χ1) is 10.2. The zero-order chi connectivity index (χ0) is 16.1. The minimum Gasteiger partial charge on any atom is -0.453 e. The maximum atomic E-state index is 11.6. The molecule has 0 atom stereocenters. The van der Waals surface area contributed by atoms with Crippen molar-refractivity contribution in [3.8, 4) is 0 Å². The normalized spacial score (nSPS) is 21.0. The molecule has 22 heavy (non-hydrogen) atoms. The molecular weight excluding hydrogens is 276 g/mol. The standard InChI is InChI=1S/C18H26N2O2/c1-17(2)6-8-20-9-7-18(3,4)14-11-12(19-16(21)22-5)10-13(17)15(14)20/h10-11H,6-9H2,1-5H3,(H,19,21). The lowest BCUT2D eigenvalue weighted by molar-refractivity contribution is 0.187. The zero-order valence-corrected chi connectivity index (χ0v) is 14.2. The number of hydrogen-bond donors (Lipinski definition) is 1. The van der Waals surface area contributed by atoms with E-state index < -0.39 is 6.09 Å². The average Bonchev–Trinajstić information content (AvgIpc) is 2.45. The summed E-state index contributed by atoms with van der Waals surface area (Å²) in [4.78, 5) is 14.1. The van der Waals surface area contributed by atoms with Crippen molar-refractivity contribution in [3.05, 3.63) is 23.3 Å². The third-order valence-corrected chi connectivity index (χ3v) is 5.33. The van der Waals surface area contributed by atoms with Gasteiger partial charge in [-0.25, -0.2) is 4.79 Å². The predicted molar refractivity (Wildman–Crippen MR) is 90.0 cm³/mol. The second kappa shape index (κ2) is 4.90. The van der Waals surface area contributed by atoms with Crippen molar-refractivity contribution < 1.29 is 9.53 Å². The van der Waals surface area contributed by atoms with Crippen molar-refractivity contribution in [2.75, 3.05) is 30.4 Å². The van der Waals surface area contributed by atoms with Gasteiger partial charge in [-0.05, 0) is 46.9 Å². The summed E-state index contributed by atoms with van der Waals surface area (Å²) in [5.74, 6) is 0. The van der Waals surface area contributed by atoms with E-state index in [0.717, 1.165) is 31.6 Å². The highest BCUT2D eigenvalue weighted by atomic mass is 16.5. The van der Waals surface area contributed by atoms with E-state index in [2.05, 4.69) is 50.0 Å². The van der Waals surface area contributed by atoms with Gasteiger partial charge in [0.25, 0.3) is 0 Å². The molecule has 0 fully saturated rings. The Hall–Kier alpha value is -1.71. The third-order valence-electron chi connectivity index (χ3n) is 5.33. The van der Waals surface area contributed by atoms with E-state index in [0.29, 0.717) is 0 Å². The SMILES string of the molecule is COC(=O)Nc1cc2c3c(c1)C(C)(C)CCN3CCC2(C)C. The summed E-state index contributed by atoms with van der Waals surface area (Å²) in [5.41, 5.74) is 5.17. The van der Waals surface area contributed by atoms with Crippen LogP contribution in [-0.2, 0) is 15.6 Å². The highest BCUT2D eigenvalue weighted by molar-refractivity contribution is 5.86. The Bertz CT molecular complexity index is 579. The molecule has 2 heterocycles. The van der Waals surface area contributed by atoms with Crippen molar-refractivity contribution in [2.45, 2.75) is 51.4 Å². The molecule has 0 spiro atoms. The first-order valence-corrected chi connectivity index (χ1v) is 8.03. The van der Waals surface area contributed by atoms with Gasteiger partial charge in [-0.2, -0.15) is 0 Å². The summed E-state index contributed by atoms with van der Waals surface area (Å²) >= 11 is 0. The Balaban J connectivity index is 2.18. The molecule has 0 saturated carbocycles. The number of ether oxygens (including phenoxy) is 1. The van der Waals surface area contributed by atoms with E-state index in [4.69, 9.17) is 4.74 Å². The van der Waals surface area contributed by atoms with Gasteiger partial charge in [-0.15, -0.1) is 0 Å². The number of carbonyl (C=O) groups excluding carboxylic acids is 1. The van der Waals surface area contributed by atoms with Crippen LogP contribution in [0.1, 0.15) is 51.7 Å². The molecule has 2 aliphatic heterocycles. The van der Waals surface area contributed by atoms with E-state index in [1.54, 1.807) is 0 Å². The van der Waals surface area contributed by atoms with E-state index in [1.165, 1.54) is 23.9 Å². The number of nitrogens with one attached hydrogen (secondary N) is 1. The smallest absolute Gasteiger partial charge is 0.411 e. The molecule has 1 aromatic carbocycles. The maximum absolute atomic E-state index is 11.6. The van der Waals surface area contributed by atoms with Crippen molar-refractivity contribution >= 4 is 17.5 Å². The molecule has 3 rings (SSSR count). The van der Waals surface area contributed by atoms with Crippen LogP contribution in [0.4, 0.5) is 16.2 Å². The molecular formula is C18H26N2O2. The van der Waals surface area contributed by atoms with Crippen LogP contribution in [0.25, 0.3) is 0 Å². The van der Waals surface area contributed by atoms with Gasteiger partial charge in [0.05, 0.1) is 7.11 Å². The third kappa shape index (κ3) is 2.34. The lowest BCUT2D eigenvalue weighted by atomic mass is 9.69. The molecule has 0 radical (unpaired) electrons. The molecule has 1 aromatic rings. The molecule has 120 valence electrons. The van der Waals surface area contributed by atoms with Gasteiger partial charge in [0, 0.05) is 24.5 Å². The molecule has 0 unspecified atom stereocenters. The number of amides is 1. The monoisotopic (exact) mass is 302 g/mol. The molecule has 2 aliphatic rings. The van der Waals surface area contributed by atoms with Crippen molar-refractivity contribution in [1.82, 2.24) is 0 Å². The van der Waals surface area contributed by atoms with Gasteiger partial charge >= 0.3 is 6.09 Å². The Morgan fingerprint density at radius 1 is 1.09 bits per heavy atom. The summed E-state index contributed by atoms with van der Waals surface area (Å²) in [7, 11) is 1.40. The Morgan fingerprint density at radius 3 is 2.05 bits per heavy atom. The van der Waals surface area contributed by atoms with Gasteiger partial charge in [0.2, 0.25) is 0 Å². The van der Waals surface area contributed by atoms with Gasteiger partial charge in [0.15, 0.2) is 0 Å².